The highest BCUT2D eigenvalue weighted by atomic mass is 35.5. The third-order valence-electron chi connectivity index (χ3n) is 4.36. The number of methoxy groups -OCH3 is 1. The maximum absolute atomic E-state index is 12.0. The highest BCUT2D eigenvalue weighted by Gasteiger charge is 2.10. The van der Waals surface area contributed by atoms with Crippen LogP contribution in [0.4, 0.5) is 0 Å². The van der Waals surface area contributed by atoms with E-state index < -0.39 is 0 Å². The molecule has 3 rings (SSSR count). The summed E-state index contributed by atoms with van der Waals surface area (Å²) in [5.41, 5.74) is 6.40. The first-order chi connectivity index (χ1) is 14.0. The van der Waals surface area contributed by atoms with Crippen molar-refractivity contribution >= 4 is 23.7 Å². The van der Waals surface area contributed by atoms with Gasteiger partial charge in [0.05, 0.1) is 13.3 Å². The molecule has 1 N–H and O–H groups in total. The molecule has 0 radical (unpaired) electrons. The Labute approximate surface area is 174 Å². The minimum absolute atomic E-state index is 0.134. The second-order valence-corrected chi connectivity index (χ2v) is 6.84. The summed E-state index contributed by atoms with van der Waals surface area (Å²) < 4.78 is 12.6. The molecule has 0 atom stereocenters. The Morgan fingerprint density at radius 1 is 1.14 bits per heavy atom. The molecule has 0 fully saturated rings. The van der Waals surface area contributed by atoms with E-state index >= 15 is 0 Å². The molecular formula is C22H22ClN3O3. The Kier molecular flexibility index (Phi) is 6.57. The fourth-order valence-electron chi connectivity index (χ4n) is 2.96. The van der Waals surface area contributed by atoms with Crippen molar-refractivity contribution in [1.29, 1.82) is 0 Å². The summed E-state index contributed by atoms with van der Waals surface area (Å²) >= 11 is 6.11. The van der Waals surface area contributed by atoms with E-state index in [1.807, 2.05) is 44.2 Å². The number of benzene rings is 2. The number of nitrogens with zero attached hydrogens (tertiary/aromatic N) is 2. The van der Waals surface area contributed by atoms with E-state index in [9.17, 15) is 4.79 Å². The highest BCUT2D eigenvalue weighted by Crippen LogP contribution is 2.22. The Hall–Kier alpha value is -3.25. The second kappa shape index (κ2) is 9.30. The van der Waals surface area contributed by atoms with Crippen molar-refractivity contribution in [3.63, 3.8) is 0 Å². The van der Waals surface area contributed by atoms with Gasteiger partial charge in [-0.2, -0.15) is 5.10 Å². The van der Waals surface area contributed by atoms with Crippen LogP contribution in [0.15, 0.2) is 59.7 Å². The van der Waals surface area contributed by atoms with E-state index in [1.54, 1.807) is 37.6 Å². The standard InChI is InChI=1S/C22H22ClN3O3/c1-15-11-17(16(2)26(15)19-6-4-5-18(23)12-19)13-24-25-22(27)14-29-21-9-7-20(28-3)8-10-21/h4-13H,14H2,1-3H3,(H,25,27)/b24-13+. The zero-order chi connectivity index (χ0) is 20.8. The molecule has 1 amide bonds. The minimum Gasteiger partial charge on any atom is -0.497 e. The number of carbonyl (C=O) groups excluding carboxylic acids is 1. The average molecular weight is 412 g/mol. The first-order valence-electron chi connectivity index (χ1n) is 9.01. The number of hydrogen-bond acceptors (Lipinski definition) is 4. The molecule has 0 aliphatic heterocycles. The molecule has 3 aromatic rings. The summed E-state index contributed by atoms with van der Waals surface area (Å²) in [4.78, 5) is 12.0. The summed E-state index contributed by atoms with van der Waals surface area (Å²) in [7, 11) is 1.59. The van der Waals surface area contributed by atoms with E-state index in [-0.39, 0.29) is 12.5 Å². The number of hydrogen-bond donors (Lipinski definition) is 1. The molecule has 0 saturated heterocycles. The first kappa shape index (κ1) is 20.5. The van der Waals surface area contributed by atoms with Gasteiger partial charge in [-0.15, -0.1) is 0 Å². The van der Waals surface area contributed by atoms with Gasteiger partial charge >= 0.3 is 0 Å². The van der Waals surface area contributed by atoms with Crippen LogP contribution in [0.2, 0.25) is 5.02 Å². The molecule has 1 heterocycles. The largest absolute Gasteiger partial charge is 0.497 e. The first-order valence-corrected chi connectivity index (χ1v) is 9.39. The van der Waals surface area contributed by atoms with Gasteiger partial charge in [-0.05, 0) is 62.4 Å². The molecule has 0 aliphatic carbocycles. The normalized spacial score (nSPS) is 10.9. The molecule has 2 aromatic carbocycles. The van der Waals surface area contributed by atoms with E-state index in [0.29, 0.717) is 10.8 Å². The van der Waals surface area contributed by atoms with Crippen LogP contribution in [0.5, 0.6) is 11.5 Å². The predicted molar refractivity (Wildman–Crippen MR) is 114 cm³/mol. The maximum atomic E-state index is 12.0. The fraction of sp³-hybridized carbons (Fsp3) is 0.182. The SMILES string of the molecule is COc1ccc(OCC(=O)N/N=C/c2cc(C)n(-c3cccc(Cl)c3)c2C)cc1. The van der Waals surface area contributed by atoms with Crippen LogP contribution >= 0.6 is 11.6 Å². The van der Waals surface area contributed by atoms with Crippen molar-refractivity contribution in [2.45, 2.75) is 13.8 Å². The van der Waals surface area contributed by atoms with Crippen molar-refractivity contribution in [3.8, 4) is 17.2 Å². The quantitative estimate of drug-likeness (QED) is 0.466. The van der Waals surface area contributed by atoms with Crippen molar-refractivity contribution in [3.05, 3.63) is 76.6 Å². The zero-order valence-electron chi connectivity index (χ0n) is 16.5. The van der Waals surface area contributed by atoms with Gasteiger partial charge in [-0.3, -0.25) is 4.79 Å². The monoisotopic (exact) mass is 411 g/mol. The number of aryl methyl sites for hydroxylation is 1. The predicted octanol–water partition coefficient (Wildman–Crippen LogP) is 4.29. The third-order valence-corrected chi connectivity index (χ3v) is 4.59. The van der Waals surface area contributed by atoms with Crippen molar-refractivity contribution in [1.82, 2.24) is 9.99 Å². The van der Waals surface area contributed by atoms with E-state index in [4.69, 9.17) is 21.1 Å². The van der Waals surface area contributed by atoms with Gasteiger partial charge in [0.1, 0.15) is 11.5 Å². The highest BCUT2D eigenvalue weighted by molar-refractivity contribution is 6.30. The number of hydrazone groups is 1. The van der Waals surface area contributed by atoms with Gasteiger partial charge in [0.2, 0.25) is 0 Å². The molecule has 0 spiro atoms. The number of ether oxygens (including phenoxy) is 2. The van der Waals surface area contributed by atoms with Crippen LogP contribution in [0, 0.1) is 13.8 Å². The third kappa shape index (κ3) is 5.18. The summed E-state index contributed by atoms with van der Waals surface area (Å²) in [6, 6.07) is 16.6. The van der Waals surface area contributed by atoms with Crippen molar-refractivity contribution in [2.75, 3.05) is 13.7 Å². The van der Waals surface area contributed by atoms with Gasteiger partial charge in [0.25, 0.3) is 5.91 Å². The lowest BCUT2D eigenvalue weighted by Crippen LogP contribution is -2.24. The van der Waals surface area contributed by atoms with Crippen molar-refractivity contribution in [2.24, 2.45) is 5.10 Å². The fourth-order valence-corrected chi connectivity index (χ4v) is 3.14. The molecule has 7 heteroatoms. The van der Waals surface area contributed by atoms with Crippen LogP contribution in [-0.2, 0) is 4.79 Å². The second-order valence-electron chi connectivity index (χ2n) is 6.40. The van der Waals surface area contributed by atoms with Crippen LogP contribution in [-0.4, -0.2) is 30.4 Å². The summed E-state index contributed by atoms with van der Waals surface area (Å²) in [6.45, 7) is 3.86. The summed E-state index contributed by atoms with van der Waals surface area (Å²) in [5.74, 6) is 0.956. The maximum Gasteiger partial charge on any atom is 0.277 e. The number of nitrogens with one attached hydrogen (secondary N) is 1. The van der Waals surface area contributed by atoms with Gasteiger partial charge in [-0.25, -0.2) is 5.43 Å². The molecule has 29 heavy (non-hydrogen) atoms. The van der Waals surface area contributed by atoms with E-state index in [1.165, 1.54) is 0 Å². The summed E-state index contributed by atoms with van der Waals surface area (Å²) in [5, 5.41) is 4.72. The van der Waals surface area contributed by atoms with Crippen LogP contribution in [0.3, 0.4) is 0 Å². The molecular weight excluding hydrogens is 390 g/mol. The number of halogens is 1. The molecule has 1 aromatic heterocycles. The number of carbonyl (C=O) groups is 1. The van der Waals surface area contributed by atoms with Crippen LogP contribution < -0.4 is 14.9 Å². The number of rotatable bonds is 7. The Morgan fingerprint density at radius 3 is 2.55 bits per heavy atom. The smallest absolute Gasteiger partial charge is 0.277 e. The van der Waals surface area contributed by atoms with Gasteiger partial charge in [0.15, 0.2) is 6.61 Å². The molecule has 0 saturated carbocycles. The molecule has 0 unspecified atom stereocenters. The lowest BCUT2D eigenvalue weighted by molar-refractivity contribution is -0.123. The van der Waals surface area contributed by atoms with Gasteiger partial charge in [0, 0.05) is 27.7 Å². The van der Waals surface area contributed by atoms with Gasteiger partial charge in [-0.1, -0.05) is 17.7 Å². The van der Waals surface area contributed by atoms with Gasteiger partial charge < -0.3 is 14.0 Å². The number of amides is 1. The molecule has 6 nitrogen and oxygen atoms in total. The topological polar surface area (TPSA) is 64.8 Å². The molecule has 150 valence electrons. The Morgan fingerprint density at radius 2 is 1.86 bits per heavy atom. The van der Waals surface area contributed by atoms with E-state index in [2.05, 4.69) is 15.1 Å². The molecule has 0 bridgehead atoms. The van der Waals surface area contributed by atoms with Crippen LogP contribution in [0.25, 0.3) is 5.69 Å². The zero-order valence-corrected chi connectivity index (χ0v) is 17.2. The Bertz CT molecular complexity index is 1030. The van der Waals surface area contributed by atoms with Crippen molar-refractivity contribution < 1.29 is 14.3 Å². The van der Waals surface area contributed by atoms with Crippen LogP contribution in [0.1, 0.15) is 17.0 Å². The Balaban J connectivity index is 1.60. The van der Waals surface area contributed by atoms with E-state index in [0.717, 1.165) is 28.4 Å². The summed E-state index contributed by atoms with van der Waals surface area (Å²) in [6.07, 6.45) is 1.62. The lowest BCUT2D eigenvalue weighted by atomic mass is 10.2. The minimum atomic E-state index is -0.347. The molecule has 0 aliphatic rings. The lowest BCUT2D eigenvalue weighted by Gasteiger charge is -2.09. The average Bonchev–Trinajstić information content (AvgIpc) is 3.00. The number of aromatic nitrogens is 1.